The number of rotatable bonds is 0. The van der Waals surface area contributed by atoms with E-state index >= 15 is 0 Å². The Balaban J connectivity index is 1.99. The molecule has 3 heteroatoms. The Hall–Kier alpha value is -1.64. The molecule has 1 fully saturated rings. The highest BCUT2D eigenvalue weighted by Crippen LogP contribution is 2.46. The third-order valence-electron chi connectivity index (χ3n) is 4.29. The molecule has 2 aliphatic rings. The average Bonchev–Trinajstić information content (AvgIpc) is 2.64. The van der Waals surface area contributed by atoms with Gasteiger partial charge in [-0.3, -0.25) is 14.9 Å². The van der Waals surface area contributed by atoms with Crippen molar-refractivity contribution in [2.75, 3.05) is 0 Å². The first-order valence-corrected chi connectivity index (χ1v) is 6.01. The van der Waals surface area contributed by atoms with Crippen molar-refractivity contribution in [1.82, 2.24) is 5.32 Å². The van der Waals surface area contributed by atoms with E-state index in [0.29, 0.717) is 6.42 Å². The number of imide groups is 1. The molecule has 1 spiro atoms. The first-order chi connectivity index (χ1) is 8.11. The van der Waals surface area contributed by atoms with Crippen molar-refractivity contribution < 1.29 is 9.59 Å². The number of piperidine rings is 1. The lowest BCUT2D eigenvalue weighted by atomic mass is 9.69. The molecule has 1 aromatic rings. The molecule has 1 unspecified atom stereocenters. The summed E-state index contributed by atoms with van der Waals surface area (Å²) in [4.78, 5) is 23.4. The van der Waals surface area contributed by atoms with E-state index in [1.165, 1.54) is 11.1 Å². The monoisotopic (exact) mass is 229 g/mol. The molecule has 1 atom stereocenters. The number of nitrogens with one attached hydrogen (secondary N) is 1. The van der Waals surface area contributed by atoms with E-state index in [4.69, 9.17) is 0 Å². The lowest BCUT2D eigenvalue weighted by Gasteiger charge is -2.37. The fraction of sp³-hybridized carbons (Fsp3) is 0.429. The predicted octanol–water partition coefficient (Wildman–Crippen LogP) is 1.45. The molecule has 0 bridgehead atoms. The number of amides is 2. The minimum absolute atomic E-state index is 0.0902. The van der Waals surface area contributed by atoms with E-state index in [9.17, 15) is 9.59 Å². The summed E-state index contributed by atoms with van der Waals surface area (Å²) in [6, 6.07) is 8.25. The standard InChI is InChI=1S/C14H15NO2/c1-9-13(17)15-12(16)8-14(9)6-10-4-2-3-5-11(10)7-14/h2-5,9H,6-8H2,1H3,(H,15,16,17). The van der Waals surface area contributed by atoms with Gasteiger partial charge < -0.3 is 0 Å². The molecular formula is C14H15NO2. The average molecular weight is 229 g/mol. The van der Waals surface area contributed by atoms with Gasteiger partial charge in [0.15, 0.2) is 0 Å². The summed E-state index contributed by atoms with van der Waals surface area (Å²) >= 11 is 0. The van der Waals surface area contributed by atoms with Gasteiger partial charge in [-0.15, -0.1) is 0 Å². The van der Waals surface area contributed by atoms with Gasteiger partial charge in [0.05, 0.1) is 0 Å². The molecule has 3 rings (SSSR count). The van der Waals surface area contributed by atoms with E-state index in [-0.39, 0.29) is 23.1 Å². The van der Waals surface area contributed by atoms with Crippen LogP contribution in [0.3, 0.4) is 0 Å². The Morgan fingerprint density at radius 2 is 1.71 bits per heavy atom. The van der Waals surface area contributed by atoms with Gasteiger partial charge >= 0.3 is 0 Å². The van der Waals surface area contributed by atoms with Crippen molar-refractivity contribution in [2.45, 2.75) is 26.2 Å². The molecule has 0 saturated carbocycles. The lowest BCUT2D eigenvalue weighted by Crippen LogP contribution is -2.51. The van der Waals surface area contributed by atoms with Gasteiger partial charge in [0, 0.05) is 12.3 Å². The molecule has 17 heavy (non-hydrogen) atoms. The highest BCUT2D eigenvalue weighted by atomic mass is 16.2. The summed E-state index contributed by atoms with van der Waals surface area (Å²) in [7, 11) is 0. The lowest BCUT2D eigenvalue weighted by molar-refractivity contribution is -0.142. The van der Waals surface area contributed by atoms with Gasteiger partial charge in [-0.2, -0.15) is 0 Å². The molecule has 88 valence electrons. The zero-order chi connectivity index (χ0) is 12.0. The van der Waals surface area contributed by atoms with Gasteiger partial charge in [-0.25, -0.2) is 0 Å². The van der Waals surface area contributed by atoms with Crippen LogP contribution in [0.5, 0.6) is 0 Å². The molecule has 3 nitrogen and oxygen atoms in total. The van der Waals surface area contributed by atoms with Crippen molar-refractivity contribution >= 4 is 11.8 Å². The first kappa shape index (κ1) is 10.5. The highest BCUT2D eigenvalue weighted by Gasteiger charge is 2.49. The van der Waals surface area contributed by atoms with Crippen molar-refractivity contribution in [1.29, 1.82) is 0 Å². The topological polar surface area (TPSA) is 46.2 Å². The van der Waals surface area contributed by atoms with Crippen molar-refractivity contribution in [3.8, 4) is 0 Å². The fourth-order valence-corrected chi connectivity index (χ4v) is 3.20. The van der Waals surface area contributed by atoms with Crippen LogP contribution in [-0.4, -0.2) is 11.8 Å². The van der Waals surface area contributed by atoms with Crippen LogP contribution in [0.4, 0.5) is 0 Å². The molecule has 1 heterocycles. The molecule has 1 N–H and O–H groups in total. The maximum absolute atomic E-state index is 11.8. The van der Waals surface area contributed by atoms with Crippen molar-refractivity contribution in [2.24, 2.45) is 11.3 Å². The molecule has 1 aliphatic carbocycles. The summed E-state index contributed by atoms with van der Waals surface area (Å²) in [6.07, 6.45) is 2.17. The summed E-state index contributed by atoms with van der Waals surface area (Å²) < 4.78 is 0. The molecule has 1 aromatic carbocycles. The number of carbonyl (C=O) groups excluding carboxylic acids is 2. The van der Waals surface area contributed by atoms with Gasteiger partial charge in [0.25, 0.3) is 0 Å². The van der Waals surface area contributed by atoms with Crippen LogP contribution in [-0.2, 0) is 22.4 Å². The first-order valence-electron chi connectivity index (χ1n) is 6.01. The smallest absolute Gasteiger partial charge is 0.229 e. The second-order valence-electron chi connectivity index (χ2n) is 5.30. The Kier molecular flexibility index (Phi) is 2.12. The van der Waals surface area contributed by atoms with Gasteiger partial charge in [0.2, 0.25) is 11.8 Å². The quantitative estimate of drug-likeness (QED) is 0.684. The van der Waals surface area contributed by atoms with Crippen LogP contribution in [0.2, 0.25) is 0 Å². The molecular weight excluding hydrogens is 214 g/mol. The molecule has 1 aliphatic heterocycles. The van der Waals surface area contributed by atoms with Crippen LogP contribution < -0.4 is 5.32 Å². The fourth-order valence-electron chi connectivity index (χ4n) is 3.20. The van der Waals surface area contributed by atoms with Crippen LogP contribution >= 0.6 is 0 Å². The zero-order valence-corrected chi connectivity index (χ0v) is 9.82. The number of carbonyl (C=O) groups is 2. The maximum atomic E-state index is 11.8. The molecule has 1 saturated heterocycles. The second kappa shape index (κ2) is 3.42. The predicted molar refractivity (Wildman–Crippen MR) is 63.2 cm³/mol. The van der Waals surface area contributed by atoms with Crippen LogP contribution in [0.15, 0.2) is 24.3 Å². The van der Waals surface area contributed by atoms with Gasteiger partial charge in [-0.1, -0.05) is 31.2 Å². The Bertz CT molecular complexity index is 482. The number of fused-ring (bicyclic) bond motifs is 1. The van der Waals surface area contributed by atoms with Crippen LogP contribution in [0.1, 0.15) is 24.5 Å². The van der Waals surface area contributed by atoms with Gasteiger partial charge in [0.1, 0.15) is 0 Å². The Morgan fingerprint density at radius 1 is 1.12 bits per heavy atom. The largest absolute Gasteiger partial charge is 0.296 e. The van der Waals surface area contributed by atoms with E-state index < -0.39 is 0 Å². The van der Waals surface area contributed by atoms with Gasteiger partial charge in [-0.05, 0) is 29.4 Å². The normalized spacial score (nSPS) is 25.8. The van der Waals surface area contributed by atoms with E-state index in [1.807, 2.05) is 19.1 Å². The summed E-state index contributed by atoms with van der Waals surface area (Å²) in [5.74, 6) is -0.331. The van der Waals surface area contributed by atoms with Crippen molar-refractivity contribution in [3.05, 3.63) is 35.4 Å². The summed E-state index contributed by atoms with van der Waals surface area (Å²) in [5, 5.41) is 2.43. The van der Waals surface area contributed by atoms with E-state index in [1.54, 1.807) is 0 Å². The molecule has 2 amide bonds. The van der Waals surface area contributed by atoms with Crippen molar-refractivity contribution in [3.63, 3.8) is 0 Å². The summed E-state index contributed by atoms with van der Waals surface area (Å²) in [5.41, 5.74) is 2.41. The Labute approximate surface area is 100 Å². The minimum Gasteiger partial charge on any atom is -0.296 e. The van der Waals surface area contributed by atoms with Crippen LogP contribution in [0, 0.1) is 11.3 Å². The van der Waals surface area contributed by atoms with E-state index in [2.05, 4.69) is 17.4 Å². The molecule has 0 aromatic heterocycles. The SMILES string of the molecule is CC1C(=O)NC(=O)CC12Cc1ccccc1C2. The number of hydrogen-bond acceptors (Lipinski definition) is 2. The number of benzene rings is 1. The second-order valence-corrected chi connectivity index (χ2v) is 5.30. The van der Waals surface area contributed by atoms with E-state index in [0.717, 1.165) is 12.8 Å². The highest BCUT2D eigenvalue weighted by molar-refractivity contribution is 5.99. The number of hydrogen-bond donors (Lipinski definition) is 1. The Morgan fingerprint density at radius 3 is 2.29 bits per heavy atom. The summed E-state index contributed by atoms with van der Waals surface area (Å²) in [6.45, 7) is 1.94. The maximum Gasteiger partial charge on any atom is 0.229 e. The minimum atomic E-state index is -0.177. The third kappa shape index (κ3) is 1.49. The van der Waals surface area contributed by atoms with Crippen LogP contribution in [0.25, 0.3) is 0 Å². The molecule has 0 radical (unpaired) electrons. The zero-order valence-electron chi connectivity index (χ0n) is 9.82. The third-order valence-corrected chi connectivity index (χ3v) is 4.29.